The van der Waals surface area contributed by atoms with Crippen molar-refractivity contribution < 1.29 is 0 Å². The molecule has 0 radical (unpaired) electrons. The first-order valence-electron chi connectivity index (χ1n) is 5.76. The largest absolute Gasteiger partial charge is 0.329 e. The van der Waals surface area contributed by atoms with Gasteiger partial charge in [-0.25, -0.2) is 4.98 Å². The molecule has 0 aliphatic carbocycles. The molecule has 0 aliphatic heterocycles. The fourth-order valence-corrected chi connectivity index (χ4v) is 2.26. The molecule has 2 aromatic rings. The smallest absolute Gasteiger partial charge is 0.137 e. The minimum Gasteiger partial charge on any atom is -0.329 e. The summed E-state index contributed by atoms with van der Waals surface area (Å²) in [7, 11) is 2.00. The first-order chi connectivity index (χ1) is 8.61. The highest BCUT2D eigenvalue weighted by Gasteiger charge is 2.10. The van der Waals surface area contributed by atoms with Crippen molar-refractivity contribution >= 4 is 27.4 Å². The summed E-state index contributed by atoms with van der Waals surface area (Å²) in [5, 5.41) is 0. The zero-order valence-electron chi connectivity index (χ0n) is 10.5. The molecule has 0 saturated carbocycles. The second kappa shape index (κ2) is 5.50. The van der Waals surface area contributed by atoms with E-state index in [1.807, 2.05) is 19.2 Å². The van der Waals surface area contributed by atoms with Gasteiger partial charge in [0.2, 0.25) is 0 Å². The highest BCUT2D eigenvalue weighted by Crippen LogP contribution is 2.27. The lowest BCUT2D eigenvalue weighted by Crippen LogP contribution is -2.15. The van der Waals surface area contributed by atoms with Gasteiger partial charge in [0.05, 0.1) is 0 Å². The standard InChI is InChI=1S/C14H16BrN3/c1-10-4-3-5-13(6-10)18(2)14-11(8-16)7-12(15)9-17-14/h3-7,9H,8,16H2,1-2H3. The molecule has 18 heavy (non-hydrogen) atoms. The number of nitrogens with zero attached hydrogens (tertiary/aromatic N) is 2. The number of benzene rings is 1. The van der Waals surface area contributed by atoms with E-state index in [0.29, 0.717) is 6.54 Å². The first-order valence-corrected chi connectivity index (χ1v) is 6.56. The van der Waals surface area contributed by atoms with Crippen LogP contribution in [0.5, 0.6) is 0 Å². The van der Waals surface area contributed by atoms with Gasteiger partial charge in [-0.2, -0.15) is 0 Å². The monoisotopic (exact) mass is 305 g/mol. The summed E-state index contributed by atoms with van der Waals surface area (Å²) in [5.74, 6) is 0.895. The van der Waals surface area contributed by atoms with Gasteiger partial charge in [0.15, 0.2) is 0 Å². The van der Waals surface area contributed by atoms with Gasteiger partial charge >= 0.3 is 0 Å². The van der Waals surface area contributed by atoms with Crippen LogP contribution < -0.4 is 10.6 Å². The highest BCUT2D eigenvalue weighted by atomic mass is 79.9. The Morgan fingerprint density at radius 2 is 2.11 bits per heavy atom. The van der Waals surface area contributed by atoms with Crippen molar-refractivity contribution in [3.05, 3.63) is 52.1 Å². The lowest BCUT2D eigenvalue weighted by atomic mass is 10.2. The summed E-state index contributed by atoms with van der Waals surface area (Å²) in [6.45, 7) is 2.55. The van der Waals surface area contributed by atoms with Gasteiger partial charge in [0.25, 0.3) is 0 Å². The molecule has 0 fully saturated rings. The summed E-state index contributed by atoms with van der Waals surface area (Å²) in [6.07, 6.45) is 1.79. The van der Waals surface area contributed by atoms with Crippen molar-refractivity contribution in [1.82, 2.24) is 4.98 Å². The maximum Gasteiger partial charge on any atom is 0.137 e. The van der Waals surface area contributed by atoms with Crippen molar-refractivity contribution in [3.63, 3.8) is 0 Å². The number of anilines is 2. The van der Waals surface area contributed by atoms with Gasteiger partial charge in [0.1, 0.15) is 5.82 Å². The number of aryl methyl sites for hydroxylation is 1. The number of rotatable bonds is 3. The SMILES string of the molecule is Cc1cccc(N(C)c2ncc(Br)cc2CN)c1. The molecular formula is C14H16BrN3. The Morgan fingerprint density at radius 3 is 2.78 bits per heavy atom. The van der Waals surface area contributed by atoms with E-state index in [9.17, 15) is 0 Å². The number of nitrogens with two attached hydrogens (primary N) is 1. The maximum atomic E-state index is 5.78. The van der Waals surface area contributed by atoms with Crippen molar-refractivity contribution in [2.24, 2.45) is 5.73 Å². The normalized spacial score (nSPS) is 10.4. The van der Waals surface area contributed by atoms with Crippen LogP contribution in [0.4, 0.5) is 11.5 Å². The van der Waals surface area contributed by atoms with Crippen LogP contribution in [0.2, 0.25) is 0 Å². The quantitative estimate of drug-likeness (QED) is 0.945. The Bertz CT molecular complexity index is 554. The van der Waals surface area contributed by atoms with E-state index in [4.69, 9.17) is 5.73 Å². The van der Waals surface area contributed by atoms with Crippen LogP contribution in [0, 0.1) is 6.92 Å². The Hall–Kier alpha value is -1.39. The zero-order chi connectivity index (χ0) is 13.1. The zero-order valence-corrected chi connectivity index (χ0v) is 12.1. The highest BCUT2D eigenvalue weighted by molar-refractivity contribution is 9.10. The fraction of sp³-hybridized carbons (Fsp3) is 0.214. The van der Waals surface area contributed by atoms with Gasteiger partial charge in [-0.1, -0.05) is 12.1 Å². The second-order valence-electron chi connectivity index (χ2n) is 4.24. The number of halogens is 1. The molecule has 2 rings (SSSR count). The van der Waals surface area contributed by atoms with Gasteiger partial charge in [0, 0.05) is 35.5 Å². The second-order valence-corrected chi connectivity index (χ2v) is 5.15. The minimum absolute atomic E-state index is 0.470. The Morgan fingerprint density at radius 1 is 1.33 bits per heavy atom. The molecule has 0 saturated heterocycles. The molecule has 4 heteroatoms. The van der Waals surface area contributed by atoms with E-state index in [0.717, 1.165) is 21.5 Å². The Balaban J connectivity index is 2.42. The summed E-state index contributed by atoms with van der Waals surface area (Å²) >= 11 is 3.42. The van der Waals surface area contributed by atoms with Crippen molar-refractivity contribution in [2.45, 2.75) is 13.5 Å². The Kier molecular flexibility index (Phi) is 3.99. The van der Waals surface area contributed by atoms with E-state index in [-0.39, 0.29) is 0 Å². The topological polar surface area (TPSA) is 42.2 Å². The molecule has 0 atom stereocenters. The van der Waals surface area contributed by atoms with Crippen LogP contribution in [-0.4, -0.2) is 12.0 Å². The predicted octanol–water partition coefficient (Wildman–Crippen LogP) is 3.38. The van der Waals surface area contributed by atoms with Crippen LogP contribution in [0.25, 0.3) is 0 Å². The summed E-state index contributed by atoms with van der Waals surface area (Å²) < 4.78 is 0.948. The molecule has 2 N–H and O–H groups in total. The molecule has 0 amide bonds. The van der Waals surface area contributed by atoms with Crippen LogP contribution in [-0.2, 0) is 6.54 Å². The molecule has 0 unspecified atom stereocenters. The molecular weight excluding hydrogens is 290 g/mol. The number of hydrogen-bond donors (Lipinski definition) is 1. The van der Waals surface area contributed by atoms with E-state index < -0.39 is 0 Å². The third kappa shape index (κ3) is 2.71. The number of aromatic nitrogens is 1. The summed E-state index contributed by atoms with van der Waals surface area (Å²) in [4.78, 5) is 6.51. The van der Waals surface area contributed by atoms with Crippen molar-refractivity contribution in [2.75, 3.05) is 11.9 Å². The molecule has 1 heterocycles. The molecule has 94 valence electrons. The molecule has 0 bridgehead atoms. The van der Waals surface area contributed by atoms with Crippen LogP contribution >= 0.6 is 15.9 Å². The van der Waals surface area contributed by atoms with E-state index in [1.54, 1.807) is 6.20 Å². The minimum atomic E-state index is 0.470. The van der Waals surface area contributed by atoms with E-state index in [2.05, 4.69) is 50.9 Å². The third-order valence-electron chi connectivity index (χ3n) is 2.84. The van der Waals surface area contributed by atoms with Crippen molar-refractivity contribution in [3.8, 4) is 0 Å². The molecule has 1 aromatic carbocycles. The summed E-state index contributed by atoms with van der Waals surface area (Å²) in [6, 6.07) is 10.3. The molecule has 0 aliphatic rings. The van der Waals surface area contributed by atoms with E-state index >= 15 is 0 Å². The fourth-order valence-electron chi connectivity index (χ4n) is 1.89. The predicted molar refractivity (Wildman–Crippen MR) is 79.1 cm³/mol. The maximum absolute atomic E-state index is 5.78. The number of pyridine rings is 1. The molecule has 1 aromatic heterocycles. The van der Waals surface area contributed by atoms with Crippen LogP contribution in [0.1, 0.15) is 11.1 Å². The summed E-state index contributed by atoms with van der Waals surface area (Å²) in [5.41, 5.74) is 9.14. The average Bonchev–Trinajstić information content (AvgIpc) is 2.37. The third-order valence-corrected chi connectivity index (χ3v) is 3.27. The van der Waals surface area contributed by atoms with Crippen molar-refractivity contribution in [1.29, 1.82) is 0 Å². The Labute approximate surface area is 116 Å². The van der Waals surface area contributed by atoms with Gasteiger partial charge in [-0.05, 0) is 46.6 Å². The lowest BCUT2D eigenvalue weighted by Gasteiger charge is -2.21. The van der Waals surface area contributed by atoms with E-state index in [1.165, 1.54) is 5.56 Å². The van der Waals surface area contributed by atoms with Gasteiger partial charge in [-0.15, -0.1) is 0 Å². The lowest BCUT2D eigenvalue weighted by molar-refractivity contribution is 1.01. The van der Waals surface area contributed by atoms with Gasteiger partial charge in [-0.3, -0.25) is 0 Å². The first kappa shape index (κ1) is 13.1. The molecule has 0 spiro atoms. The molecule has 3 nitrogen and oxygen atoms in total. The number of hydrogen-bond acceptors (Lipinski definition) is 3. The van der Waals surface area contributed by atoms with Crippen LogP contribution in [0.15, 0.2) is 41.0 Å². The van der Waals surface area contributed by atoms with Gasteiger partial charge < -0.3 is 10.6 Å². The van der Waals surface area contributed by atoms with Crippen LogP contribution in [0.3, 0.4) is 0 Å². The average molecular weight is 306 g/mol.